The minimum atomic E-state index is 0.907. The van der Waals surface area contributed by atoms with Gasteiger partial charge >= 0.3 is 0 Å². The van der Waals surface area contributed by atoms with Gasteiger partial charge < -0.3 is 4.42 Å². The molecule has 0 aliphatic carbocycles. The molecule has 14 rings (SSSR count). The number of fused-ring (bicyclic) bond motifs is 9. The summed E-state index contributed by atoms with van der Waals surface area (Å²) in [6.45, 7) is 0. The highest BCUT2D eigenvalue weighted by atomic mass is 16.3. The van der Waals surface area contributed by atoms with Crippen LogP contribution in [-0.4, -0.2) is 0 Å². The van der Waals surface area contributed by atoms with E-state index >= 15 is 0 Å². The highest BCUT2D eigenvalue weighted by Crippen LogP contribution is 2.48. The van der Waals surface area contributed by atoms with Crippen molar-refractivity contribution in [3.63, 3.8) is 0 Å². The molecule has 14 aromatic rings. The number of rotatable bonds is 5. The molecule has 0 bridgehead atoms. The molecular formula is C66H40O. The van der Waals surface area contributed by atoms with Gasteiger partial charge in [0.1, 0.15) is 11.2 Å². The Morgan fingerprint density at radius 3 is 1.04 bits per heavy atom. The van der Waals surface area contributed by atoms with Crippen molar-refractivity contribution in [1.82, 2.24) is 0 Å². The first-order valence-electron chi connectivity index (χ1n) is 23.2. The third-order valence-electron chi connectivity index (χ3n) is 14.2. The lowest BCUT2D eigenvalue weighted by Gasteiger charge is -2.18. The van der Waals surface area contributed by atoms with E-state index in [0.717, 1.165) is 21.9 Å². The molecule has 67 heavy (non-hydrogen) atoms. The van der Waals surface area contributed by atoms with Gasteiger partial charge in [0.15, 0.2) is 0 Å². The van der Waals surface area contributed by atoms with Gasteiger partial charge in [0.05, 0.1) is 0 Å². The van der Waals surface area contributed by atoms with E-state index in [1.165, 1.54) is 120 Å². The summed E-state index contributed by atoms with van der Waals surface area (Å²) in [6, 6.07) is 89.1. The van der Waals surface area contributed by atoms with Crippen molar-refractivity contribution >= 4 is 86.6 Å². The number of furan rings is 1. The van der Waals surface area contributed by atoms with Gasteiger partial charge in [0.25, 0.3) is 0 Å². The molecule has 0 saturated heterocycles. The second-order valence-corrected chi connectivity index (χ2v) is 17.9. The van der Waals surface area contributed by atoms with E-state index in [4.69, 9.17) is 4.42 Å². The first-order chi connectivity index (χ1) is 33.2. The largest absolute Gasteiger partial charge is 0.456 e. The molecule has 1 aromatic heterocycles. The van der Waals surface area contributed by atoms with E-state index in [1.807, 2.05) is 6.07 Å². The molecule has 1 heterocycles. The zero-order chi connectivity index (χ0) is 44.0. The van der Waals surface area contributed by atoms with Crippen molar-refractivity contribution in [2.45, 2.75) is 0 Å². The van der Waals surface area contributed by atoms with Gasteiger partial charge in [-0.05, 0) is 157 Å². The molecule has 0 atom stereocenters. The quantitative estimate of drug-likeness (QED) is 0.157. The van der Waals surface area contributed by atoms with Crippen molar-refractivity contribution in [1.29, 1.82) is 0 Å². The van der Waals surface area contributed by atoms with Crippen LogP contribution in [0.15, 0.2) is 247 Å². The molecule has 0 spiro atoms. The summed E-state index contributed by atoms with van der Waals surface area (Å²) < 4.78 is 6.40. The van der Waals surface area contributed by atoms with Gasteiger partial charge in [-0.1, -0.05) is 206 Å². The van der Waals surface area contributed by atoms with Gasteiger partial charge in [-0.2, -0.15) is 0 Å². The summed E-state index contributed by atoms with van der Waals surface area (Å²) in [4.78, 5) is 0. The maximum absolute atomic E-state index is 6.40. The molecule has 0 radical (unpaired) electrons. The van der Waals surface area contributed by atoms with Crippen molar-refractivity contribution in [2.24, 2.45) is 0 Å². The predicted octanol–water partition coefficient (Wildman–Crippen LogP) is 18.8. The zero-order valence-electron chi connectivity index (χ0n) is 36.5. The van der Waals surface area contributed by atoms with Crippen LogP contribution in [0.4, 0.5) is 0 Å². The van der Waals surface area contributed by atoms with Crippen LogP contribution >= 0.6 is 0 Å². The fourth-order valence-corrected chi connectivity index (χ4v) is 11.2. The van der Waals surface area contributed by atoms with Crippen molar-refractivity contribution < 1.29 is 4.42 Å². The summed E-state index contributed by atoms with van der Waals surface area (Å²) in [7, 11) is 0. The van der Waals surface area contributed by atoms with Gasteiger partial charge in [0.2, 0.25) is 0 Å². The Kier molecular flexibility index (Phi) is 8.35. The average molecular weight is 849 g/mol. The number of para-hydroxylation sites is 1. The summed E-state index contributed by atoms with van der Waals surface area (Å²) in [5, 5.41) is 17.2. The maximum Gasteiger partial charge on any atom is 0.136 e. The Hall–Kier alpha value is -8.78. The van der Waals surface area contributed by atoms with Gasteiger partial charge in [-0.25, -0.2) is 0 Å². The lowest BCUT2D eigenvalue weighted by Crippen LogP contribution is -1.91. The summed E-state index contributed by atoms with van der Waals surface area (Å²) in [5.74, 6) is 0. The summed E-state index contributed by atoms with van der Waals surface area (Å²) in [5.41, 5.74) is 14.1. The van der Waals surface area contributed by atoms with Crippen molar-refractivity contribution in [2.75, 3.05) is 0 Å². The smallest absolute Gasteiger partial charge is 0.136 e. The van der Waals surface area contributed by atoms with E-state index in [-0.39, 0.29) is 0 Å². The molecule has 0 fully saturated rings. The zero-order valence-corrected chi connectivity index (χ0v) is 36.5. The van der Waals surface area contributed by atoms with E-state index in [2.05, 4.69) is 237 Å². The normalized spacial score (nSPS) is 11.9. The fourth-order valence-electron chi connectivity index (χ4n) is 11.2. The Morgan fingerprint density at radius 1 is 0.209 bits per heavy atom. The summed E-state index contributed by atoms with van der Waals surface area (Å²) >= 11 is 0. The molecule has 310 valence electrons. The van der Waals surface area contributed by atoms with Crippen molar-refractivity contribution in [3.8, 4) is 55.6 Å². The molecule has 0 aliphatic heterocycles. The molecule has 0 amide bonds. The van der Waals surface area contributed by atoms with Crippen LogP contribution in [0.3, 0.4) is 0 Å². The maximum atomic E-state index is 6.40. The number of hydrogen-bond acceptors (Lipinski definition) is 1. The van der Waals surface area contributed by atoms with Gasteiger partial charge in [-0.3, -0.25) is 0 Å². The van der Waals surface area contributed by atoms with E-state index < -0.39 is 0 Å². The number of benzene rings is 13. The van der Waals surface area contributed by atoms with Crippen LogP contribution in [0.5, 0.6) is 0 Å². The Labute approximate surface area is 387 Å². The standard InChI is InChI=1S/C66H40O/c1-2-15-43(16-3-1)62-50-17-4-6-19-52(50)63(53-20-7-5-18-51(53)62)46-35-31-41-29-33-44(37-48(41)39-46)45-34-30-42-32-36-47(40-49(42)38-45)64-54-21-8-10-23-56(54)65(57-24-11-9-22-55(57)64)59-26-14-28-61-66(59)58-25-12-13-27-60(58)67-61/h1-40H. The fraction of sp³-hybridized carbons (Fsp3) is 0. The predicted molar refractivity (Wildman–Crippen MR) is 286 cm³/mol. The molecule has 0 N–H and O–H groups in total. The molecule has 0 unspecified atom stereocenters. The third-order valence-corrected chi connectivity index (χ3v) is 14.2. The second-order valence-electron chi connectivity index (χ2n) is 17.9. The molecule has 1 heteroatoms. The molecule has 13 aromatic carbocycles. The minimum Gasteiger partial charge on any atom is -0.456 e. The Bertz CT molecular complexity index is 4210. The minimum absolute atomic E-state index is 0.907. The van der Waals surface area contributed by atoms with Crippen LogP contribution in [-0.2, 0) is 0 Å². The Morgan fingerprint density at radius 2 is 0.567 bits per heavy atom. The van der Waals surface area contributed by atoms with Crippen LogP contribution < -0.4 is 0 Å². The van der Waals surface area contributed by atoms with E-state index in [1.54, 1.807) is 0 Å². The lowest BCUT2D eigenvalue weighted by molar-refractivity contribution is 0.669. The number of hydrogen-bond donors (Lipinski definition) is 0. The third kappa shape index (κ3) is 5.88. The van der Waals surface area contributed by atoms with E-state index in [9.17, 15) is 0 Å². The van der Waals surface area contributed by atoms with Crippen molar-refractivity contribution in [3.05, 3.63) is 243 Å². The van der Waals surface area contributed by atoms with E-state index in [0.29, 0.717) is 0 Å². The molecule has 0 saturated carbocycles. The molecule has 0 aliphatic rings. The van der Waals surface area contributed by atoms with Crippen LogP contribution in [0.1, 0.15) is 0 Å². The topological polar surface area (TPSA) is 13.1 Å². The monoisotopic (exact) mass is 848 g/mol. The Balaban J connectivity index is 0.910. The SMILES string of the molecule is c1ccc(-c2c3ccccc3c(-c3ccc4ccc(-c5ccc6ccc(-c7c8ccccc8c(-c8cccc9oc%10ccccc%10c89)c8ccccc78)cc6c5)cc4c3)c3ccccc23)cc1. The molecular weight excluding hydrogens is 809 g/mol. The van der Waals surface area contributed by atoms with Gasteiger partial charge in [0, 0.05) is 10.8 Å². The second kappa shape index (κ2) is 14.9. The first kappa shape index (κ1) is 37.6. The van der Waals surface area contributed by atoms with Gasteiger partial charge in [-0.15, -0.1) is 0 Å². The first-order valence-corrected chi connectivity index (χ1v) is 23.2. The highest BCUT2D eigenvalue weighted by Gasteiger charge is 2.21. The van der Waals surface area contributed by atoms with Crippen LogP contribution in [0, 0.1) is 0 Å². The summed E-state index contributed by atoms with van der Waals surface area (Å²) in [6.07, 6.45) is 0. The lowest BCUT2D eigenvalue weighted by atomic mass is 9.84. The van der Waals surface area contributed by atoms with Crippen LogP contribution in [0.25, 0.3) is 142 Å². The van der Waals surface area contributed by atoms with Crippen LogP contribution in [0.2, 0.25) is 0 Å². The highest BCUT2D eigenvalue weighted by molar-refractivity contribution is 6.26. The average Bonchev–Trinajstić information content (AvgIpc) is 3.78. The molecule has 1 nitrogen and oxygen atoms in total.